The molecule has 0 aliphatic heterocycles. The van der Waals surface area contributed by atoms with Gasteiger partial charge in [-0.05, 0) is 37.3 Å². The van der Waals surface area contributed by atoms with Crippen LogP contribution in [0.1, 0.15) is 36.5 Å². The van der Waals surface area contributed by atoms with E-state index in [2.05, 4.69) is 11.8 Å². The van der Waals surface area contributed by atoms with Crippen molar-refractivity contribution in [2.45, 2.75) is 26.2 Å². The van der Waals surface area contributed by atoms with Crippen molar-refractivity contribution in [3.05, 3.63) is 22.7 Å². The number of hydrogen-bond donors (Lipinski definition) is 2. The van der Waals surface area contributed by atoms with Crippen LogP contribution in [-0.4, -0.2) is 19.0 Å². The third kappa shape index (κ3) is 3.32. The molecule has 104 valence electrons. The summed E-state index contributed by atoms with van der Waals surface area (Å²) in [5.74, 6) is 0.224. The van der Waals surface area contributed by atoms with E-state index in [1.807, 2.05) is 0 Å². The van der Waals surface area contributed by atoms with Gasteiger partial charge in [-0.25, -0.2) is 0 Å². The molecular formula is C14H20ClN3O. The van der Waals surface area contributed by atoms with Crippen molar-refractivity contribution in [1.82, 2.24) is 0 Å². The zero-order valence-corrected chi connectivity index (χ0v) is 11.9. The van der Waals surface area contributed by atoms with Crippen LogP contribution in [0.2, 0.25) is 5.02 Å². The quantitative estimate of drug-likeness (QED) is 0.788. The number of anilines is 2. The van der Waals surface area contributed by atoms with Gasteiger partial charge in [0, 0.05) is 18.8 Å². The van der Waals surface area contributed by atoms with E-state index in [0.29, 0.717) is 22.2 Å². The lowest BCUT2D eigenvalue weighted by Gasteiger charge is -2.27. The van der Waals surface area contributed by atoms with Crippen molar-refractivity contribution in [1.29, 1.82) is 0 Å². The Bertz CT molecular complexity index is 486. The highest BCUT2D eigenvalue weighted by atomic mass is 35.5. The first-order valence-electron chi connectivity index (χ1n) is 6.66. The minimum absolute atomic E-state index is 0.416. The van der Waals surface area contributed by atoms with Gasteiger partial charge in [0.15, 0.2) is 0 Å². The minimum atomic E-state index is -0.485. The molecule has 19 heavy (non-hydrogen) atoms. The van der Waals surface area contributed by atoms with E-state index in [-0.39, 0.29) is 0 Å². The van der Waals surface area contributed by atoms with Gasteiger partial charge in [0.05, 0.1) is 16.3 Å². The highest BCUT2D eigenvalue weighted by Gasteiger charge is 2.27. The summed E-state index contributed by atoms with van der Waals surface area (Å²) in [5, 5.41) is 0.503. The maximum atomic E-state index is 11.6. The van der Waals surface area contributed by atoms with Crippen LogP contribution in [0.4, 0.5) is 11.4 Å². The smallest absolute Gasteiger partial charge is 0.250 e. The van der Waals surface area contributed by atoms with Crippen LogP contribution in [0.5, 0.6) is 0 Å². The Morgan fingerprint density at radius 3 is 2.68 bits per heavy atom. The zero-order chi connectivity index (χ0) is 14.0. The first kappa shape index (κ1) is 14.0. The molecule has 1 aromatic carbocycles. The molecule has 1 saturated carbocycles. The second-order valence-electron chi connectivity index (χ2n) is 5.15. The van der Waals surface area contributed by atoms with Gasteiger partial charge in [0.2, 0.25) is 0 Å². The molecule has 1 fully saturated rings. The molecular weight excluding hydrogens is 262 g/mol. The van der Waals surface area contributed by atoms with Crippen molar-refractivity contribution in [3.8, 4) is 0 Å². The van der Waals surface area contributed by atoms with Gasteiger partial charge in [-0.2, -0.15) is 0 Å². The number of nitrogens with zero attached hydrogens (tertiary/aromatic N) is 1. The second-order valence-corrected chi connectivity index (χ2v) is 5.56. The van der Waals surface area contributed by atoms with Crippen molar-refractivity contribution in [3.63, 3.8) is 0 Å². The predicted molar refractivity (Wildman–Crippen MR) is 79.6 cm³/mol. The van der Waals surface area contributed by atoms with Crippen LogP contribution in [-0.2, 0) is 0 Å². The Kier molecular flexibility index (Phi) is 4.20. The Hall–Kier alpha value is -1.42. The van der Waals surface area contributed by atoms with Crippen molar-refractivity contribution < 1.29 is 4.79 Å². The van der Waals surface area contributed by atoms with Gasteiger partial charge < -0.3 is 16.4 Å². The summed E-state index contributed by atoms with van der Waals surface area (Å²) < 4.78 is 0. The predicted octanol–water partition coefficient (Wildman–Crippen LogP) is 2.65. The molecule has 0 radical (unpaired) electrons. The monoisotopic (exact) mass is 281 g/mol. The Morgan fingerprint density at radius 1 is 1.47 bits per heavy atom. The van der Waals surface area contributed by atoms with Gasteiger partial charge in [-0.15, -0.1) is 0 Å². The summed E-state index contributed by atoms with van der Waals surface area (Å²) in [4.78, 5) is 13.8. The van der Waals surface area contributed by atoms with Crippen LogP contribution < -0.4 is 16.4 Å². The normalized spacial score (nSPS) is 14.4. The van der Waals surface area contributed by atoms with Crippen LogP contribution >= 0.6 is 11.6 Å². The molecule has 2 rings (SSSR count). The molecule has 1 aromatic rings. The third-order valence-corrected chi connectivity index (χ3v) is 3.62. The standard InChI is InChI=1S/C14H20ClN3O/c1-2-5-18(8-9-3-4-9)13-11(14(17)19)6-10(16)7-12(13)15/h6-7,9H,2-5,8,16H2,1H3,(H2,17,19). The van der Waals surface area contributed by atoms with Crippen LogP contribution in [0.15, 0.2) is 12.1 Å². The third-order valence-electron chi connectivity index (χ3n) is 3.34. The average Bonchev–Trinajstić information content (AvgIpc) is 3.11. The summed E-state index contributed by atoms with van der Waals surface area (Å²) in [7, 11) is 0. The number of nitrogen functional groups attached to an aromatic ring is 1. The van der Waals surface area contributed by atoms with E-state index in [0.717, 1.165) is 25.2 Å². The first-order chi connectivity index (χ1) is 9.02. The number of rotatable bonds is 6. The lowest BCUT2D eigenvalue weighted by Crippen LogP contribution is -2.29. The molecule has 0 spiro atoms. The first-order valence-corrected chi connectivity index (χ1v) is 7.04. The highest BCUT2D eigenvalue weighted by molar-refractivity contribution is 6.34. The number of nitrogens with two attached hydrogens (primary N) is 2. The van der Waals surface area contributed by atoms with Crippen molar-refractivity contribution >= 4 is 28.9 Å². The zero-order valence-electron chi connectivity index (χ0n) is 11.2. The molecule has 0 atom stereocenters. The van der Waals surface area contributed by atoms with Gasteiger partial charge in [-0.3, -0.25) is 4.79 Å². The van der Waals surface area contributed by atoms with E-state index in [4.69, 9.17) is 23.1 Å². The van der Waals surface area contributed by atoms with Crippen LogP contribution in [0.25, 0.3) is 0 Å². The van der Waals surface area contributed by atoms with Crippen LogP contribution in [0, 0.1) is 5.92 Å². The summed E-state index contributed by atoms with van der Waals surface area (Å²) in [6, 6.07) is 3.29. The number of hydrogen-bond acceptors (Lipinski definition) is 3. The maximum Gasteiger partial charge on any atom is 0.250 e. The molecule has 0 aromatic heterocycles. The molecule has 1 amide bonds. The fourth-order valence-corrected chi connectivity index (χ4v) is 2.65. The second kappa shape index (κ2) is 5.70. The van der Waals surface area contributed by atoms with Crippen molar-refractivity contribution in [2.24, 2.45) is 11.7 Å². The number of amides is 1. The number of benzene rings is 1. The lowest BCUT2D eigenvalue weighted by molar-refractivity contribution is 0.100. The van der Waals surface area contributed by atoms with E-state index in [1.165, 1.54) is 12.8 Å². The van der Waals surface area contributed by atoms with Crippen LogP contribution in [0.3, 0.4) is 0 Å². The molecule has 4 N–H and O–H groups in total. The van der Waals surface area contributed by atoms with E-state index < -0.39 is 5.91 Å². The largest absolute Gasteiger partial charge is 0.399 e. The average molecular weight is 282 g/mol. The highest BCUT2D eigenvalue weighted by Crippen LogP contribution is 2.37. The molecule has 1 aliphatic rings. The molecule has 0 unspecified atom stereocenters. The van der Waals surface area contributed by atoms with Gasteiger partial charge >= 0.3 is 0 Å². The molecule has 0 bridgehead atoms. The molecule has 5 heteroatoms. The van der Waals surface area contributed by atoms with Crippen molar-refractivity contribution in [2.75, 3.05) is 23.7 Å². The SMILES string of the molecule is CCCN(CC1CC1)c1c(Cl)cc(N)cc1C(N)=O. The summed E-state index contributed by atoms with van der Waals surface area (Å²) in [5.41, 5.74) is 12.8. The van der Waals surface area contributed by atoms with Gasteiger partial charge in [-0.1, -0.05) is 18.5 Å². The summed E-state index contributed by atoms with van der Waals surface area (Å²) >= 11 is 6.28. The summed E-state index contributed by atoms with van der Waals surface area (Å²) in [6.45, 7) is 3.90. The molecule has 1 aliphatic carbocycles. The van der Waals surface area contributed by atoms with E-state index >= 15 is 0 Å². The molecule has 4 nitrogen and oxygen atoms in total. The summed E-state index contributed by atoms with van der Waals surface area (Å²) in [6.07, 6.45) is 3.49. The van der Waals surface area contributed by atoms with E-state index in [1.54, 1.807) is 12.1 Å². The molecule has 0 saturated heterocycles. The fraction of sp³-hybridized carbons (Fsp3) is 0.500. The Balaban J connectivity index is 2.40. The van der Waals surface area contributed by atoms with Gasteiger partial charge in [0.1, 0.15) is 0 Å². The van der Waals surface area contributed by atoms with Gasteiger partial charge in [0.25, 0.3) is 5.91 Å². The Morgan fingerprint density at radius 2 is 2.16 bits per heavy atom. The van der Waals surface area contributed by atoms with E-state index in [9.17, 15) is 4.79 Å². The lowest BCUT2D eigenvalue weighted by atomic mass is 10.1. The topological polar surface area (TPSA) is 72.3 Å². The minimum Gasteiger partial charge on any atom is -0.399 e. The number of carbonyl (C=O) groups excluding carboxylic acids is 1. The number of halogens is 1. The fourth-order valence-electron chi connectivity index (χ4n) is 2.31. The maximum absolute atomic E-state index is 11.6. The Labute approximate surface area is 118 Å². The number of primary amides is 1. The molecule has 0 heterocycles. The number of carbonyl (C=O) groups is 1.